The lowest BCUT2D eigenvalue weighted by Gasteiger charge is -2.22. The summed E-state index contributed by atoms with van der Waals surface area (Å²) in [7, 11) is 0. The number of aliphatic hydroxyl groups is 1. The molecule has 3 N–H and O–H groups in total. The number of anilines is 1. The molecular weight excluding hydrogens is 282 g/mol. The standard InChI is InChI=1S/C14H16F2N2O3/c15-9-5-10(16)7-11(6-9)18-13(20)12(19)17-8-14(21)3-1-2-4-14/h5-7,21H,1-4,8H2,(H,17,19)(H,18,20). The average Bonchev–Trinajstić information content (AvgIpc) is 2.82. The second kappa shape index (κ2) is 6.17. The predicted octanol–water partition coefficient (Wildman–Crippen LogP) is 1.32. The molecule has 1 aromatic rings. The minimum absolute atomic E-state index is 0.0171. The van der Waals surface area contributed by atoms with E-state index in [0.29, 0.717) is 18.9 Å². The lowest BCUT2D eigenvalue weighted by molar-refractivity contribution is -0.136. The van der Waals surface area contributed by atoms with Crippen molar-refractivity contribution >= 4 is 17.5 Å². The Balaban J connectivity index is 1.89. The van der Waals surface area contributed by atoms with Crippen molar-refractivity contribution in [3.05, 3.63) is 29.8 Å². The molecule has 1 aromatic carbocycles. The van der Waals surface area contributed by atoms with Crippen LogP contribution >= 0.6 is 0 Å². The minimum atomic E-state index is -1.04. The fraction of sp³-hybridized carbons (Fsp3) is 0.429. The number of benzene rings is 1. The van der Waals surface area contributed by atoms with Gasteiger partial charge in [0.15, 0.2) is 0 Å². The van der Waals surface area contributed by atoms with E-state index in [-0.39, 0.29) is 12.2 Å². The molecule has 0 spiro atoms. The molecule has 0 atom stereocenters. The smallest absolute Gasteiger partial charge is 0.313 e. The molecule has 1 aliphatic rings. The van der Waals surface area contributed by atoms with E-state index in [2.05, 4.69) is 10.6 Å². The van der Waals surface area contributed by atoms with Crippen molar-refractivity contribution in [2.75, 3.05) is 11.9 Å². The van der Waals surface area contributed by atoms with Crippen molar-refractivity contribution < 1.29 is 23.5 Å². The van der Waals surface area contributed by atoms with Gasteiger partial charge in [-0.2, -0.15) is 0 Å². The lowest BCUT2D eigenvalue weighted by Crippen LogP contribution is -2.44. The maximum Gasteiger partial charge on any atom is 0.313 e. The SMILES string of the molecule is O=C(NCC1(O)CCCC1)C(=O)Nc1cc(F)cc(F)c1. The summed E-state index contributed by atoms with van der Waals surface area (Å²) >= 11 is 0. The minimum Gasteiger partial charge on any atom is -0.388 e. The first-order valence-electron chi connectivity index (χ1n) is 6.66. The Morgan fingerprint density at radius 3 is 2.24 bits per heavy atom. The molecular formula is C14H16F2N2O3. The fourth-order valence-corrected chi connectivity index (χ4v) is 2.35. The van der Waals surface area contributed by atoms with Crippen LogP contribution in [0.5, 0.6) is 0 Å². The number of halogens is 2. The lowest BCUT2D eigenvalue weighted by atomic mass is 10.0. The number of hydrogen-bond acceptors (Lipinski definition) is 3. The Labute approximate surface area is 120 Å². The Morgan fingerprint density at radius 1 is 1.10 bits per heavy atom. The molecule has 0 heterocycles. The van der Waals surface area contributed by atoms with Gasteiger partial charge in [0.1, 0.15) is 11.6 Å². The van der Waals surface area contributed by atoms with Gasteiger partial charge in [-0.3, -0.25) is 9.59 Å². The summed E-state index contributed by atoms with van der Waals surface area (Å²) in [6.45, 7) is -0.0171. The summed E-state index contributed by atoms with van der Waals surface area (Å²) in [6.07, 6.45) is 2.90. The molecule has 1 aliphatic carbocycles. The predicted molar refractivity (Wildman–Crippen MR) is 71.4 cm³/mol. The Hall–Kier alpha value is -2.02. The van der Waals surface area contributed by atoms with E-state index in [4.69, 9.17) is 0 Å². The molecule has 1 fully saturated rings. The van der Waals surface area contributed by atoms with E-state index >= 15 is 0 Å². The number of nitrogens with one attached hydrogen (secondary N) is 2. The summed E-state index contributed by atoms with van der Waals surface area (Å²) in [4.78, 5) is 23.2. The van der Waals surface area contributed by atoms with Gasteiger partial charge >= 0.3 is 11.8 Å². The van der Waals surface area contributed by atoms with Crippen LogP contribution in [0.25, 0.3) is 0 Å². The second-order valence-electron chi connectivity index (χ2n) is 5.23. The van der Waals surface area contributed by atoms with Crippen molar-refractivity contribution in [2.45, 2.75) is 31.3 Å². The van der Waals surface area contributed by atoms with Gasteiger partial charge in [0.05, 0.1) is 5.60 Å². The number of carbonyl (C=O) groups is 2. The van der Waals surface area contributed by atoms with Crippen LogP contribution in [-0.4, -0.2) is 29.1 Å². The first-order chi connectivity index (χ1) is 9.88. The molecule has 21 heavy (non-hydrogen) atoms. The molecule has 114 valence electrons. The average molecular weight is 298 g/mol. The van der Waals surface area contributed by atoms with Crippen molar-refractivity contribution in [2.24, 2.45) is 0 Å². The molecule has 0 aromatic heterocycles. The summed E-state index contributed by atoms with van der Waals surface area (Å²) < 4.78 is 25.9. The zero-order valence-electron chi connectivity index (χ0n) is 11.3. The first-order valence-corrected chi connectivity index (χ1v) is 6.66. The number of rotatable bonds is 3. The van der Waals surface area contributed by atoms with Crippen LogP contribution in [-0.2, 0) is 9.59 Å². The van der Waals surface area contributed by atoms with E-state index in [1.165, 1.54) is 0 Å². The van der Waals surface area contributed by atoms with Gasteiger partial charge in [0.2, 0.25) is 0 Å². The summed E-state index contributed by atoms with van der Waals surface area (Å²) in [6, 6.07) is 2.46. The van der Waals surface area contributed by atoms with Crippen LogP contribution in [0.4, 0.5) is 14.5 Å². The third-order valence-electron chi connectivity index (χ3n) is 3.44. The maximum atomic E-state index is 13.0. The number of amides is 2. The zero-order chi connectivity index (χ0) is 15.5. The monoisotopic (exact) mass is 298 g/mol. The third-order valence-corrected chi connectivity index (χ3v) is 3.44. The fourth-order valence-electron chi connectivity index (χ4n) is 2.35. The summed E-state index contributed by atoms with van der Waals surface area (Å²) in [5.74, 6) is -3.71. The van der Waals surface area contributed by atoms with Crippen LogP contribution in [0.3, 0.4) is 0 Å². The van der Waals surface area contributed by atoms with Crippen LogP contribution in [0.15, 0.2) is 18.2 Å². The highest BCUT2D eigenvalue weighted by atomic mass is 19.1. The first kappa shape index (κ1) is 15.4. The highest BCUT2D eigenvalue weighted by Gasteiger charge is 2.32. The van der Waals surface area contributed by atoms with E-state index in [0.717, 1.165) is 25.0 Å². The molecule has 2 amide bonds. The number of carbonyl (C=O) groups excluding carboxylic acids is 2. The molecule has 0 bridgehead atoms. The van der Waals surface area contributed by atoms with Gasteiger partial charge in [-0.25, -0.2) is 8.78 Å². The van der Waals surface area contributed by atoms with Gasteiger partial charge in [-0.1, -0.05) is 12.8 Å². The summed E-state index contributed by atoms with van der Waals surface area (Å²) in [5, 5.41) is 14.5. The van der Waals surface area contributed by atoms with Gasteiger partial charge in [-0.05, 0) is 25.0 Å². The van der Waals surface area contributed by atoms with Crippen LogP contribution in [0, 0.1) is 11.6 Å². The molecule has 5 nitrogen and oxygen atoms in total. The molecule has 1 saturated carbocycles. The van der Waals surface area contributed by atoms with Crippen molar-refractivity contribution in [3.63, 3.8) is 0 Å². The van der Waals surface area contributed by atoms with E-state index < -0.39 is 29.0 Å². The molecule has 0 saturated heterocycles. The Morgan fingerprint density at radius 2 is 1.67 bits per heavy atom. The topological polar surface area (TPSA) is 78.4 Å². The van der Waals surface area contributed by atoms with Crippen LogP contribution < -0.4 is 10.6 Å². The highest BCUT2D eigenvalue weighted by molar-refractivity contribution is 6.39. The Kier molecular flexibility index (Phi) is 4.52. The molecule has 7 heteroatoms. The number of hydrogen-bond donors (Lipinski definition) is 3. The normalized spacial score (nSPS) is 16.5. The molecule has 0 radical (unpaired) electrons. The molecule has 0 unspecified atom stereocenters. The second-order valence-corrected chi connectivity index (χ2v) is 5.23. The van der Waals surface area contributed by atoms with Crippen LogP contribution in [0.1, 0.15) is 25.7 Å². The van der Waals surface area contributed by atoms with Crippen molar-refractivity contribution in [3.8, 4) is 0 Å². The van der Waals surface area contributed by atoms with Gasteiger partial charge < -0.3 is 15.7 Å². The largest absolute Gasteiger partial charge is 0.388 e. The molecule has 2 rings (SSSR count). The van der Waals surface area contributed by atoms with Gasteiger partial charge in [0.25, 0.3) is 0 Å². The molecule has 0 aliphatic heterocycles. The Bertz CT molecular complexity index is 537. The van der Waals surface area contributed by atoms with Gasteiger partial charge in [0, 0.05) is 18.3 Å². The maximum absolute atomic E-state index is 13.0. The third kappa shape index (κ3) is 4.22. The zero-order valence-corrected chi connectivity index (χ0v) is 11.3. The van der Waals surface area contributed by atoms with Gasteiger partial charge in [-0.15, -0.1) is 0 Å². The van der Waals surface area contributed by atoms with Crippen molar-refractivity contribution in [1.82, 2.24) is 5.32 Å². The van der Waals surface area contributed by atoms with Crippen LogP contribution in [0.2, 0.25) is 0 Å². The van der Waals surface area contributed by atoms with E-state index in [1.54, 1.807) is 0 Å². The summed E-state index contributed by atoms with van der Waals surface area (Å²) in [5.41, 5.74) is -1.12. The highest BCUT2D eigenvalue weighted by Crippen LogP contribution is 2.28. The van der Waals surface area contributed by atoms with E-state index in [1.807, 2.05) is 0 Å². The van der Waals surface area contributed by atoms with Crippen molar-refractivity contribution in [1.29, 1.82) is 0 Å². The quantitative estimate of drug-likeness (QED) is 0.737. The van der Waals surface area contributed by atoms with E-state index in [9.17, 15) is 23.5 Å².